The molecule has 150 valence electrons. The van der Waals surface area contributed by atoms with Crippen LogP contribution >= 0.6 is 0 Å². The Hall–Kier alpha value is -2.72. The number of rotatable bonds is 6. The van der Waals surface area contributed by atoms with Crippen molar-refractivity contribution in [2.24, 2.45) is 0 Å². The summed E-state index contributed by atoms with van der Waals surface area (Å²) < 4.78 is 43.6. The van der Waals surface area contributed by atoms with Gasteiger partial charge in [-0.15, -0.1) is 0 Å². The van der Waals surface area contributed by atoms with Crippen molar-refractivity contribution in [3.05, 3.63) is 47.8 Å². The molecule has 2 N–H and O–H groups in total. The first kappa shape index (κ1) is 20.0. The topological polar surface area (TPSA) is 79.4 Å². The van der Waals surface area contributed by atoms with Gasteiger partial charge in [0.25, 0.3) is 5.91 Å². The summed E-state index contributed by atoms with van der Waals surface area (Å²) in [6.45, 7) is 4.53. The summed E-state index contributed by atoms with van der Waals surface area (Å²) in [5.41, 5.74) is -0.736. The quantitative estimate of drug-likeness (QED) is 0.783. The van der Waals surface area contributed by atoms with E-state index >= 15 is 0 Å². The van der Waals surface area contributed by atoms with Crippen LogP contribution in [0.25, 0.3) is 0 Å². The second-order valence-corrected chi connectivity index (χ2v) is 6.18. The number of benzene rings is 1. The first-order valence-electron chi connectivity index (χ1n) is 8.77. The van der Waals surface area contributed by atoms with Crippen LogP contribution in [-0.2, 0) is 10.9 Å². The highest BCUT2D eigenvalue weighted by Crippen LogP contribution is 2.30. The van der Waals surface area contributed by atoms with Gasteiger partial charge in [-0.05, 0) is 24.3 Å². The highest BCUT2D eigenvalue weighted by atomic mass is 19.4. The van der Waals surface area contributed by atoms with Crippen LogP contribution in [0.4, 0.5) is 24.8 Å². The molecule has 0 saturated carbocycles. The number of hydrogen-bond acceptors (Lipinski definition) is 6. The average Bonchev–Trinajstić information content (AvgIpc) is 2.69. The van der Waals surface area contributed by atoms with Gasteiger partial charge in [0, 0.05) is 38.1 Å². The van der Waals surface area contributed by atoms with Crippen LogP contribution in [0.5, 0.6) is 0 Å². The molecule has 0 radical (unpaired) electrons. The Morgan fingerprint density at radius 1 is 1.21 bits per heavy atom. The van der Waals surface area contributed by atoms with Crippen molar-refractivity contribution >= 4 is 17.5 Å². The van der Waals surface area contributed by atoms with Crippen molar-refractivity contribution in [3.8, 4) is 0 Å². The van der Waals surface area contributed by atoms with E-state index in [4.69, 9.17) is 4.74 Å². The van der Waals surface area contributed by atoms with Gasteiger partial charge in [0.2, 0.25) is 5.95 Å². The molecule has 1 aromatic heterocycles. The summed E-state index contributed by atoms with van der Waals surface area (Å²) >= 11 is 0. The van der Waals surface area contributed by atoms with Crippen molar-refractivity contribution in [1.82, 2.24) is 14.9 Å². The smallest absolute Gasteiger partial charge is 0.379 e. The summed E-state index contributed by atoms with van der Waals surface area (Å²) in [5.74, 6) is -0.331. The van der Waals surface area contributed by atoms with Crippen molar-refractivity contribution in [1.29, 1.82) is 0 Å². The first-order valence-corrected chi connectivity index (χ1v) is 8.77. The molecule has 1 aliphatic rings. The van der Waals surface area contributed by atoms with Gasteiger partial charge >= 0.3 is 6.18 Å². The fourth-order valence-corrected chi connectivity index (χ4v) is 2.69. The van der Waals surface area contributed by atoms with Crippen molar-refractivity contribution in [2.45, 2.75) is 6.18 Å². The highest BCUT2D eigenvalue weighted by Gasteiger charge is 2.30. The number of aromatic nitrogens is 2. The maximum absolute atomic E-state index is 12.8. The Kier molecular flexibility index (Phi) is 6.42. The lowest BCUT2D eigenvalue weighted by Crippen LogP contribution is -2.39. The van der Waals surface area contributed by atoms with Gasteiger partial charge in [0.05, 0.1) is 18.8 Å². The molecule has 0 aliphatic carbocycles. The zero-order valence-corrected chi connectivity index (χ0v) is 15.0. The molecule has 2 aromatic rings. The van der Waals surface area contributed by atoms with E-state index < -0.39 is 17.6 Å². The minimum atomic E-state index is -4.48. The van der Waals surface area contributed by atoms with E-state index in [9.17, 15) is 18.0 Å². The lowest BCUT2D eigenvalue weighted by atomic mass is 10.2. The number of amides is 1. The van der Waals surface area contributed by atoms with Gasteiger partial charge in [-0.3, -0.25) is 9.69 Å². The number of nitrogens with zero attached hydrogens (tertiary/aromatic N) is 3. The average molecular weight is 395 g/mol. The number of hydrogen-bond donors (Lipinski definition) is 2. The fourth-order valence-electron chi connectivity index (χ4n) is 2.69. The second-order valence-electron chi connectivity index (χ2n) is 6.18. The summed E-state index contributed by atoms with van der Waals surface area (Å²) in [6, 6.07) is 5.83. The van der Waals surface area contributed by atoms with Gasteiger partial charge in [-0.2, -0.15) is 13.2 Å². The Balaban J connectivity index is 1.57. The lowest BCUT2D eigenvalue weighted by molar-refractivity contribution is -0.137. The van der Waals surface area contributed by atoms with Gasteiger partial charge < -0.3 is 15.4 Å². The molecule has 2 heterocycles. The fraction of sp³-hybridized carbons (Fsp3) is 0.389. The van der Waals surface area contributed by atoms with Crippen LogP contribution in [0.15, 0.2) is 36.5 Å². The van der Waals surface area contributed by atoms with E-state index in [0.717, 1.165) is 31.8 Å². The molecule has 1 aliphatic heterocycles. The third-order valence-corrected chi connectivity index (χ3v) is 4.15. The van der Waals surface area contributed by atoms with Crippen LogP contribution in [0.2, 0.25) is 0 Å². The van der Waals surface area contributed by atoms with Crippen molar-refractivity contribution in [2.75, 3.05) is 50.0 Å². The zero-order valence-electron chi connectivity index (χ0n) is 15.0. The second kappa shape index (κ2) is 8.98. The molecular formula is C18H20F3N5O2. The maximum Gasteiger partial charge on any atom is 0.416 e. The van der Waals surface area contributed by atoms with E-state index in [1.54, 1.807) is 0 Å². The standard InChI is InChI=1S/C18H20F3N5O2/c19-18(20,21)13-2-1-3-14(12-13)24-16(27)15-4-5-22-17(25-15)23-6-7-26-8-10-28-11-9-26/h1-5,12H,6-11H2,(H,24,27)(H,22,23,25). The monoisotopic (exact) mass is 395 g/mol. The molecule has 1 amide bonds. The predicted octanol–water partition coefficient (Wildman–Crippen LogP) is 2.49. The first-order chi connectivity index (χ1) is 13.4. The van der Waals surface area contributed by atoms with Crippen LogP contribution in [0.1, 0.15) is 16.1 Å². The number of ether oxygens (including phenoxy) is 1. The normalized spacial score (nSPS) is 15.2. The minimum Gasteiger partial charge on any atom is -0.379 e. The third kappa shape index (κ3) is 5.64. The number of nitrogens with one attached hydrogen (secondary N) is 2. The van der Waals surface area contributed by atoms with Gasteiger partial charge in [0.1, 0.15) is 5.69 Å². The molecule has 10 heteroatoms. The molecule has 0 unspecified atom stereocenters. The predicted molar refractivity (Wildman–Crippen MR) is 97.2 cm³/mol. The summed E-state index contributed by atoms with van der Waals surface area (Å²) in [5, 5.41) is 5.47. The van der Waals surface area contributed by atoms with Crippen LogP contribution in [0.3, 0.4) is 0 Å². The van der Waals surface area contributed by atoms with Gasteiger partial charge in [-0.25, -0.2) is 9.97 Å². The summed E-state index contributed by atoms with van der Waals surface area (Å²) in [6.07, 6.45) is -3.06. The number of carbonyl (C=O) groups excluding carboxylic acids is 1. The molecule has 3 rings (SSSR count). The molecule has 28 heavy (non-hydrogen) atoms. The molecule has 1 saturated heterocycles. The molecule has 0 bridgehead atoms. The lowest BCUT2D eigenvalue weighted by Gasteiger charge is -2.26. The SMILES string of the molecule is O=C(Nc1cccc(C(F)(F)F)c1)c1ccnc(NCCN2CCOCC2)n1. The van der Waals surface area contributed by atoms with E-state index in [1.807, 2.05) is 0 Å². The van der Waals surface area contributed by atoms with E-state index in [1.165, 1.54) is 24.4 Å². The molecule has 1 fully saturated rings. The van der Waals surface area contributed by atoms with Gasteiger partial charge in [0.15, 0.2) is 0 Å². The Morgan fingerprint density at radius 3 is 2.75 bits per heavy atom. The largest absolute Gasteiger partial charge is 0.416 e. The van der Waals surface area contributed by atoms with E-state index in [-0.39, 0.29) is 17.3 Å². The van der Waals surface area contributed by atoms with Crippen LogP contribution in [-0.4, -0.2) is 60.2 Å². The summed E-state index contributed by atoms with van der Waals surface area (Å²) in [4.78, 5) is 22.7. The molecule has 0 atom stereocenters. The summed E-state index contributed by atoms with van der Waals surface area (Å²) in [7, 11) is 0. The number of morpholine rings is 1. The van der Waals surface area contributed by atoms with Crippen molar-refractivity contribution < 1.29 is 22.7 Å². The van der Waals surface area contributed by atoms with Gasteiger partial charge in [-0.1, -0.05) is 6.07 Å². The minimum absolute atomic E-state index is 0.0419. The number of halogens is 3. The maximum atomic E-state index is 12.8. The van der Waals surface area contributed by atoms with E-state index in [2.05, 4.69) is 25.5 Å². The highest BCUT2D eigenvalue weighted by molar-refractivity contribution is 6.03. The molecular weight excluding hydrogens is 375 g/mol. The Bertz CT molecular complexity index is 810. The van der Waals surface area contributed by atoms with Crippen molar-refractivity contribution in [3.63, 3.8) is 0 Å². The van der Waals surface area contributed by atoms with E-state index in [0.29, 0.717) is 19.8 Å². The zero-order chi connectivity index (χ0) is 20.0. The number of carbonyl (C=O) groups is 1. The third-order valence-electron chi connectivity index (χ3n) is 4.15. The van der Waals surface area contributed by atoms with Crippen LogP contribution in [0, 0.1) is 0 Å². The number of alkyl halides is 3. The Labute approximate surface area is 159 Å². The molecule has 7 nitrogen and oxygen atoms in total. The molecule has 1 aromatic carbocycles. The molecule has 0 spiro atoms. The van der Waals surface area contributed by atoms with Crippen LogP contribution < -0.4 is 10.6 Å². The Morgan fingerprint density at radius 2 is 2.00 bits per heavy atom. The number of anilines is 2.